The van der Waals surface area contributed by atoms with Gasteiger partial charge in [-0.3, -0.25) is 4.79 Å². The molecule has 0 saturated carbocycles. The molecule has 0 aromatic carbocycles. The van der Waals surface area contributed by atoms with Crippen LogP contribution in [0.3, 0.4) is 0 Å². The molecule has 1 atom stereocenters. The number of hydrogen-bond donors (Lipinski definition) is 1. The van der Waals surface area contributed by atoms with E-state index >= 15 is 0 Å². The van der Waals surface area contributed by atoms with E-state index in [4.69, 9.17) is 0 Å². The van der Waals surface area contributed by atoms with Crippen molar-refractivity contribution < 1.29 is 4.79 Å². The summed E-state index contributed by atoms with van der Waals surface area (Å²) in [4.78, 5) is 15.5. The van der Waals surface area contributed by atoms with E-state index in [2.05, 4.69) is 17.1 Å². The van der Waals surface area contributed by atoms with E-state index in [1.54, 1.807) is 11.3 Å². The normalized spacial score (nSPS) is 19.5. The lowest BCUT2D eigenvalue weighted by atomic mass is 10.2. The number of carbonyl (C=O) groups is 1. The van der Waals surface area contributed by atoms with Gasteiger partial charge >= 0.3 is 0 Å². The van der Waals surface area contributed by atoms with Crippen molar-refractivity contribution in [2.45, 2.75) is 32.7 Å². The van der Waals surface area contributed by atoms with E-state index in [1.165, 1.54) is 0 Å². The fourth-order valence-corrected chi connectivity index (χ4v) is 3.20. The van der Waals surface area contributed by atoms with Gasteiger partial charge in [0.2, 0.25) is 0 Å². The SMILES string of the molecule is CCCN(C(=O)c1sccc1C)C1CCNC1. The molecule has 4 heteroatoms. The molecule has 0 spiro atoms. The van der Waals surface area contributed by atoms with E-state index in [0.717, 1.165) is 42.9 Å². The summed E-state index contributed by atoms with van der Waals surface area (Å²) in [6.07, 6.45) is 2.10. The molecule has 1 saturated heterocycles. The van der Waals surface area contributed by atoms with Gasteiger partial charge in [0.05, 0.1) is 4.88 Å². The number of carbonyl (C=O) groups excluding carboxylic acids is 1. The van der Waals surface area contributed by atoms with Crippen LogP contribution in [0.5, 0.6) is 0 Å². The van der Waals surface area contributed by atoms with Crippen LogP contribution >= 0.6 is 11.3 Å². The Hall–Kier alpha value is -0.870. The zero-order valence-electron chi connectivity index (χ0n) is 10.5. The topological polar surface area (TPSA) is 32.3 Å². The minimum absolute atomic E-state index is 0.216. The Morgan fingerprint density at radius 1 is 1.65 bits per heavy atom. The van der Waals surface area contributed by atoms with Crippen molar-refractivity contribution >= 4 is 17.2 Å². The molecule has 1 aromatic rings. The van der Waals surface area contributed by atoms with Crippen molar-refractivity contribution in [2.24, 2.45) is 0 Å². The number of hydrogen-bond acceptors (Lipinski definition) is 3. The molecule has 1 aliphatic heterocycles. The molecule has 1 unspecified atom stereocenters. The van der Waals surface area contributed by atoms with Gasteiger partial charge in [-0.1, -0.05) is 6.92 Å². The molecule has 0 aliphatic carbocycles. The Balaban J connectivity index is 2.15. The number of aryl methyl sites for hydroxylation is 1. The number of rotatable bonds is 4. The average Bonchev–Trinajstić information content (AvgIpc) is 2.95. The second kappa shape index (κ2) is 5.65. The molecule has 17 heavy (non-hydrogen) atoms. The maximum Gasteiger partial charge on any atom is 0.264 e. The largest absolute Gasteiger partial charge is 0.334 e. The fraction of sp³-hybridized carbons (Fsp3) is 0.615. The molecule has 2 heterocycles. The van der Waals surface area contributed by atoms with Crippen molar-refractivity contribution in [3.8, 4) is 0 Å². The van der Waals surface area contributed by atoms with E-state index in [-0.39, 0.29) is 5.91 Å². The van der Waals surface area contributed by atoms with Crippen LogP contribution in [0.2, 0.25) is 0 Å². The molecule has 0 bridgehead atoms. The van der Waals surface area contributed by atoms with Crippen molar-refractivity contribution in [1.82, 2.24) is 10.2 Å². The minimum atomic E-state index is 0.216. The summed E-state index contributed by atoms with van der Waals surface area (Å²) in [5.41, 5.74) is 1.10. The lowest BCUT2D eigenvalue weighted by Crippen LogP contribution is -2.42. The number of nitrogens with zero attached hydrogens (tertiary/aromatic N) is 1. The molecule has 94 valence electrons. The smallest absolute Gasteiger partial charge is 0.264 e. The third-order valence-electron chi connectivity index (χ3n) is 3.26. The standard InChI is InChI=1S/C13H20N2OS/c1-3-7-15(11-4-6-14-9-11)13(16)12-10(2)5-8-17-12/h5,8,11,14H,3-4,6-7,9H2,1-2H3. The molecule has 0 radical (unpaired) electrons. The summed E-state index contributed by atoms with van der Waals surface area (Å²) in [5.74, 6) is 0.216. The maximum atomic E-state index is 12.5. The second-order valence-electron chi connectivity index (χ2n) is 4.58. The molecular weight excluding hydrogens is 232 g/mol. The Bertz CT molecular complexity index is 383. The molecule has 1 N–H and O–H groups in total. The lowest BCUT2D eigenvalue weighted by Gasteiger charge is -2.28. The first-order valence-corrected chi connectivity index (χ1v) is 7.17. The zero-order chi connectivity index (χ0) is 12.3. The molecule has 2 rings (SSSR count). The van der Waals surface area contributed by atoms with E-state index in [9.17, 15) is 4.79 Å². The third-order valence-corrected chi connectivity index (χ3v) is 4.26. The third kappa shape index (κ3) is 2.69. The summed E-state index contributed by atoms with van der Waals surface area (Å²) < 4.78 is 0. The molecule has 1 aromatic heterocycles. The highest BCUT2D eigenvalue weighted by Gasteiger charge is 2.27. The Morgan fingerprint density at radius 3 is 3.00 bits per heavy atom. The van der Waals surface area contributed by atoms with Crippen molar-refractivity contribution in [3.05, 3.63) is 21.9 Å². The van der Waals surface area contributed by atoms with Crippen LogP contribution in [-0.4, -0.2) is 36.5 Å². The second-order valence-corrected chi connectivity index (χ2v) is 5.49. The van der Waals surface area contributed by atoms with Crippen LogP contribution in [-0.2, 0) is 0 Å². The summed E-state index contributed by atoms with van der Waals surface area (Å²) in [6.45, 7) is 6.98. The van der Waals surface area contributed by atoms with Crippen LogP contribution in [0.4, 0.5) is 0 Å². The van der Waals surface area contributed by atoms with Gasteiger partial charge in [-0.15, -0.1) is 11.3 Å². The highest BCUT2D eigenvalue weighted by molar-refractivity contribution is 7.12. The number of amides is 1. The Labute approximate surface area is 107 Å². The Kier molecular flexibility index (Phi) is 4.18. The van der Waals surface area contributed by atoms with E-state index < -0.39 is 0 Å². The first kappa shape index (κ1) is 12.6. The van der Waals surface area contributed by atoms with Crippen molar-refractivity contribution in [3.63, 3.8) is 0 Å². The summed E-state index contributed by atoms with van der Waals surface area (Å²) >= 11 is 1.56. The van der Waals surface area contributed by atoms with Gasteiger partial charge in [-0.2, -0.15) is 0 Å². The van der Waals surface area contributed by atoms with Crippen molar-refractivity contribution in [1.29, 1.82) is 0 Å². The maximum absolute atomic E-state index is 12.5. The molecule has 1 aliphatic rings. The average molecular weight is 252 g/mol. The van der Waals surface area contributed by atoms with Gasteiger partial charge < -0.3 is 10.2 Å². The first-order chi connectivity index (χ1) is 8.24. The lowest BCUT2D eigenvalue weighted by molar-refractivity contribution is 0.0696. The van der Waals surface area contributed by atoms with Gasteiger partial charge in [0.15, 0.2) is 0 Å². The summed E-state index contributed by atoms with van der Waals surface area (Å²) in [5, 5.41) is 5.34. The molecule has 1 fully saturated rings. The van der Waals surface area contributed by atoms with E-state index in [0.29, 0.717) is 6.04 Å². The van der Waals surface area contributed by atoms with Crippen LogP contribution < -0.4 is 5.32 Å². The van der Waals surface area contributed by atoms with Crippen molar-refractivity contribution in [2.75, 3.05) is 19.6 Å². The van der Waals surface area contributed by atoms with E-state index in [1.807, 2.05) is 18.4 Å². The zero-order valence-corrected chi connectivity index (χ0v) is 11.3. The van der Waals surface area contributed by atoms with Gasteiger partial charge in [-0.25, -0.2) is 0 Å². The van der Waals surface area contributed by atoms with Gasteiger partial charge in [0.1, 0.15) is 0 Å². The highest BCUT2D eigenvalue weighted by Crippen LogP contribution is 2.21. The molecular formula is C13H20N2OS. The predicted molar refractivity (Wildman–Crippen MR) is 71.7 cm³/mol. The fourth-order valence-electron chi connectivity index (χ4n) is 2.32. The number of thiophene rings is 1. The van der Waals surface area contributed by atoms with Crippen LogP contribution in [0.15, 0.2) is 11.4 Å². The monoisotopic (exact) mass is 252 g/mol. The summed E-state index contributed by atoms with van der Waals surface area (Å²) in [6, 6.07) is 2.40. The van der Waals surface area contributed by atoms with Crippen LogP contribution in [0, 0.1) is 6.92 Å². The molecule has 1 amide bonds. The van der Waals surface area contributed by atoms with Gasteiger partial charge in [0, 0.05) is 19.1 Å². The van der Waals surface area contributed by atoms with Gasteiger partial charge in [-0.05, 0) is 43.3 Å². The van der Waals surface area contributed by atoms with Crippen LogP contribution in [0.25, 0.3) is 0 Å². The Morgan fingerprint density at radius 2 is 2.47 bits per heavy atom. The predicted octanol–water partition coefficient (Wildman–Crippen LogP) is 2.27. The quantitative estimate of drug-likeness (QED) is 0.891. The van der Waals surface area contributed by atoms with Crippen LogP contribution in [0.1, 0.15) is 35.0 Å². The first-order valence-electron chi connectivity index (χ1n) is 6.29. The summed E-state index contributed by atoms with van der Waals surface area (Å²) in [7, 11) is 0. The minimum Gasteiger partial charge on any atom is -0.334 e. The number of nitrogens with one attached hydrogen (secondary N) is 1. The molecule has 3 nitrogen and oxygen atoms in total. The van der Waals surface area contributed by atoms with Gasteiger partial charge in [0.25, 0.3) is 5.91 Å². The highest BCUT2D eigenvalue weighted by atomic mass is 32.1.